The van der Waals surface area contributed by atoms with E-state index in [1.165, 1.54) is 0 Å². The fraction of sp³-hybridized carbons (Fsp3) is 0.750. The van der Waals surface area contributed by atoms with Crippen LogP contribution >= 0.6 is 11.8 Å². The van der Waals surface area contributed by atoms with Gasteiger partial charge in [0.25, 0.3) is 5.91 Å². The van der Waals surface area contributed by atoms with Gasteiger partial charge in [0, 0.05) is 30.7 Å². The van der Waals surface area contributed by atoms with Crippen molar-refractivity contribution in [1.29, 1.82) is 0 Å². The van der Waals surface area contributed by atoms with Crippen LogP contribution in [0.3, 0.4) is 0 Å². The summed E-state index contributed by atoms with van der Waals surface area (Å²) in [7, 11) is 5.79. The maximum atomic E-state index is 12.8. The van der Waals surface area contributed by atoms with Gasteiger partial charge in [-0.2, -0.15) is 0 Å². The van der Waals surface area contributed by atoms with Crippen molar-refractivity contribution < 1.29 is 42.7 Å². The third-order valence-electron chi connectivity index (χ3n) is 4.38. The fourth-order valence-electron chi connectivity index (χ4n) is 2.50. The average Bonchev–Trinajstić information content (AvgIpc) is 2.66. The third-order valence-corrected chi connectivity index (χ3v) is 5.25. The van der Waals surface area contributed by atoms with Gasteiger partial charge in [-0.1, -0.05) is 25.6 Å². The van der Waals surface area contributed by atoms with Crippen molar-refractivity contribution >= 4 is 40.8 Å². The molecule has 1 heterocycles. The van der Waals surface area contributed by atoms with Crippen molar-refractivity contribution in [3.63, 3.8) is 0 Å². The number of rotatable bonds is 4. The second-order valence-electron chi connectivity index (χ2n) is 9.05. The number of likely N-dealkylation sites (N-methyl/N-ethyl adjacent to an activating group) is 1. The zero-order valence-corrected chi connectivity index (χ0v) is 20.2. The Balaban J connectivity index is 2.89. The minimum atomic E-state index is -1.35. The first-order valence-corrected chi connectivity index (χ1v) is 11.3. The number of hydrogen-bond acceptors (Lipinski definition) is 9. The van der Waals surface area contributed by atoms with Gasteiger partial charge < -0.3 is 29.3 Å². The van der Waals surface area contributed by atoms with Crippen LogP contribution in [0.15, 0.2) is 0 Å². The number of carbonyl (C=O) groups is 5. The number of thioether (sulfide) groups is 1. The molecule has 1 saturated heterocycles. The Morgan fingerprint density at radius 3 is 2.50 bits per heavy atom. The summed E-state index contributed by atoms with van der Waals surface area (Å²) in [5, 5.41) is 4.80. The highest BCUT2D eigenvalue weighted by molar-refractivity contribution is 8.13. The van der Waals surface area contributed by atoms with Gasteiger partial charge in [0.2, 0.25) is 5.91 Å². The molecule has 1 atom stereocenters. The first-order chi connectivity index (χ1) is 14.8. The molecular weight excluding hydrogens is 442 g/mol. The highest BCUT2D eigenvalue weighted by Gasteiger charge is 2.40. The number of nitrogens with zero attached hydrogens (tertiary/aromatic N) is 1. The summed E-state index contributed by atoms with van der Waals surface area (Å²) in [6, 6.07) is 0. The van der Waals surface area contributed by atoms with E-state index in [0.717, 1.165) is 11.8 Å². The van der Waals surface area contributed by atoms with Crippen molar-refractivity contribution in [2.24, 2.45) is 5.41 Å². The molecule has 0 aromatic rings. The molecule has 0 bridgehead atoms. The molecule has 0 aromatic carbocycles. The van der Waals surface area contributed by atoms with Gasteiger partial charge in [-0.15, -0.1) is 0 Å². The van der Waals surface area contributed by atoms with Crippen LogP contribution in [-0.2, 0) is 33.4 Å². The molecule has 0 spiro atoms. The Hall–Kier alpha value is -2.34. The summed E-state index contributed by atoms with van der Waals surface area (Å²) in [4.78, 5) is 60.7. The maximum absolute atomic E-state index is 12.8. The predicted octanol–water partition coefficient (Wildman–Crippen LogP) is 0.0698. The molecule has 0 radical (unpaired) electrons. The molecule has 1 rings (SSSR count). The van der Waals surface area contributed by atoms with Crippen LogP contribution in [0.1, 0.15) is 26.7 Å². The van der Waals surface area contributed by atoms with E-state index in [1.54, 1.807) is 13.8 Å². The van der Waals surface area contributed by atoms with E-state index in [0.29, 0.717) is 16.8 Å². The summed E-state index contributed by atoms with van der Waals surface area (Å²) < 4.78 is 16.1. The lowest BCUT2D eigenvalue weighted by atomic mass is 9.86. The lowest BCUT2D eigenvalue weighted by molar-refractivity contribution is -0.870. The second-order valence-corrected chi connectivity index (χ2v) is 10.2. The Morgan fingerprint density at radius 2 is 1.84 bits per heavy atom. The normalized spacial score (nSPS) is 21.7. The molecule has 1 aliphatic heterocycles. The highest BCUT2D eigenvalue weighted by Crippen LogP contribution is 2.25. The molecular formula is C20H34N3O8S+. The number of hydrogen-bond donors (Lipinski definition) is 2. The van der Waals surface area contributed by atoms with Gasteiger partial charge in [0.05, 0.1) is 21.1 Å². The Morgan fingerprint density at radius 1 is 1.16 bits per heavy atom. The van der Waals surface area contributed by atoms with Crippen molar-refractivity contribution in [2.45, 2.75) is 32.8 Å². The van der Waals surface area contributed by atoms with Crippen LogP contribution in [-0.4, -0.2) is 99.4 Å². The molecule has 11 nitrogen and oxygen atoms in total. The summed E-state index contributed by atoms with van der Waals surface area (Å²) >= 11 is 0.925. The van der Waals surface area contributed by atoms with E-state index < -0.39 is 36.0 Å². The molecule has 0 aromatic heterocycles. The van der Waals surface area contributed by atoms with Gasteiger partial charge in [-0.25, -0.2) is 4.79 Å². The van der Waals surface area contributed by atoms with Gasteiger partial charge in [-0.05, 0) is 0 Å². The Bertz CT molecular complexity index is 705. The van der Waals surface area contributed by atoms with E-state index >= 15 is 0 Å². The lowest BCUT2D eigenvalue weighted by Gasteiger charge is -2.32. The molecule has 1 aliphatic rings. The number of esters is 1. The molecule has 1 fully saturated rings. The quantitative estimate of drug-likeness (QED) is 0.328. The van der Waals surface area contributed by atoms with Gasteiger partial charge in [0.15, 0.2) is 11.2 Å². The predicted molar refractivity (Wildman–Crippen MR) is 117 cm³/mol. The zero-order chi connectivity index (χ0) is 24.4. The topological polar surface area (TPSA) is 137 Å². The lowest BCUT2D eigenvalue weighted by Crippen LogP contribution is -2.49. The van der Waals surface area contributed by atoms with Crippen LogP contribution in [0.2, 0.25) is 0 Å². The van der Waals surface area contributed by atoms with Crippen molar-refractivity contribution in [3.05, 3.63) is 0 Å². The Kier molecular flexibility index (Phi) is 10.9. The SMILES string of the molecule is CC1(C)COC(=O)CC(=O)SCCNC(=O)CCNC(=O)[C@@H]1OC(=O)OCC[N+](C)(C)C. The minimum absolute atomic E-state index is 0.0143. The number of nitrogens with one attached hydrogen (secondary N) is 2. The molecule has 32 heavy (non-hydrogen) atoms. The van der Waals surface area contributed by atoms with Crippen LogP contribution in [0.5, 0.6) is 0 Å². The number of amides is 2. The Labute approximate surface area is 192 Å². The van der Waals surface area contributed by atoms with Crippen LogP contribution in [0, 0.1) is 5.41 Å². The number of carbonyl (C=O) groups excluding carboxylic acids is 5. The molecule has 2 N–H and O–H groups in total. The van der Waals surface area contributed by atoms with Crippen molar-refractivity contribution in [2.75, 3.05) is 59.7 Å². The van der Waals surface area contributed by atoms with Crippen LogP contribution < -0.4 is 10.6 Å². The molecule has 0 aliphatic carbocycles. The van der Waals surface area contributed by atoms with Gasteiger partial charge >= 0.3 is 12.1 Å². The van der Waals surface area contributed by atoms with E-state index in [9.17, 15) is 24.0 Å². The van der Waals surface area contributed by atoms with Gasteiger partial charge in [0.1, 0.15) is 26.2 Å². The van der Waals surface area contributed by atoms with E-state index in [2.05, 4.69) is 10.6 Å². The maximum Gasteiger partial charge on any atom is 0.509 e. The van der Waals surface area contributed by atoms with E-state index in [4.69, 9.17) is 14.2 Å². The minimum Gasteiger partial charge on any atom is -0.465 e. The summed E-state index contributed by atoms with van der Waals surface area (Å²) in [5.74, 6) is -1.39. The first-order valence-electron chi connectivity index (χ1n) is 10.3. The third kappa shape index (κ3) is 11.3. The van der Waals surface area contributed by atoms with Crippen LogP contribution in [0.25, 0.3) is 0 Å². The highest BCUT2D eigenvalue weighted by atomic mass is 32.2. The van der Waals surface area contributed by atoms with Crippen molar-refractivity contribution in [1.82, 2.24) is 10.6 Å². The first kappa shape index (κ1) is 27.7. The van der Waals surface area contributed by atoms with Crippen LogP contribution in [0.4, 0.5) is 4.79 Å². The molecule has 12 heteroatoms. The van der Waals surface area contributed by atoms with E-state index in [1.807, 2.05) is 21.1 Å². The number of cyclic esters (lactones) is 1. The summed E-state index contributed by atoms with van der Waals surface area (Å²) in [6.45, 7) is 3.78. The fourth-order valence-corrected chi connectivity index (χ4v) is 3.15. The second kappa shape index (κ2) is 12.6. The monoisotopic (exact) mass is 476 g/mol. The standard InChI is InChI=1S/C20H33N3O8S/c1-20(2)13-30-15(25)12-16(26)32-11-8-21-14(24)6-7-22-18(27)17(20)31-19(28)29-10-9-23(3,4)5/h17H,6-13H2,1-5H3,(H-,21,22,24,27)/p+1/t17-/m0/s1. The number of ether oxygens (including phenoxy) is 3. The van der Waals surface area contributed by atoms with E-state index in [-0.39, 0.29) is 43.7 Å². The largest absolute Gasteiger partial charge is 0.509 e. The average molecular weight is 477 g/mol. The molecule has 2 amide bonds. The summed E-state index contributed by atoms with van der Waals surface area (Å²) in [6.07, 6.45) is -2.82. The molecule has 0 saturated carbocycles. The number of quaternary nitrogens is 1. The molecule has 182 valence electrons. The smallest absolute Gasteiger partial charge is 0.465 e. The van der Waals surface area contributed by atoms with Gasteiger partial charge in [-0.3, -0.25) is 19.2 Å². The molecule has 0 unspecified atom stereocenters. The van der Waals surface area contributed by atoms with Crippen molar-refractivity contribution in [3.8, 4) is 0 Å². The summed E-state index contributed by atoms with van der Waals surface area (Å²) in [5.41, 5.74) is -1.13. The zero-order valence-electron chi connectivity index (χ0n) is 19.4.